The van der Waals surface area contributed by atoms with Gasteiger partial charge >= 0.3 is 0 Å². The Balaban J connectivity index is 2.56. The van der Waals surface area contributed by atoms with Gasteiger partial charge < -0.3 is 30.1 Å². The number of amides is 1. The van der Waals surface area contributed by atoms with Crippen LogP contribution in [0.3, 0.4) is 0 Å². The number of carbonyl (C=O) groups excluding carboxylic acids is 1. The molecule has 146 valence electrons. The first-order valence-corrected chi connectivity index (χ1v) is 9.01. The summed E-state index contributed by atoms with van der Waals surface area (Å²) < 4.78 is 10.8. The summed E-state index contributed by atoms with van der Waals surface area (Å²) in [6, 6.07) is 0. The molecular formula is C17H34N4O4. The van der Waals surface area contributed by atoms with Crippen molar-refractivity contribution in [3.05, 3.63) is 0 Å². The Kier molecular flexibility index (Phi) is 10.4. The maximum Gasteiger partial charge on any atom is 0.243 e. The summed E-state index contributed by atoms with van der Waals surface area (Å²) in [5, 5.41) is 15.9. The summed E-state index contributed by atoms with van der Waals surface area (Å²) in [5.74, 6) is 0.556. The number of aliphatic hydroxyl groups excluding tert-OH is 1. The monoisotopic (exact) mass is 358 g/mol. The summed E-state index contributed by atoms with van der Waals surface area (Å²) in [5.41, 5.74) is -0.0753. The predicted octanol–water partition coefficient (Wildman–Crippen LogP) is -0.174. The number of hydrogen-bond donors (Lipinski definition) is 3. The molecule has 3 N–H and O–H groups in total. The fourth-order valence-corrected chi connectivity index (χ4v) is 2.57. The minimum Gasteiger partial charge on any atom is -0.396 e. The molecule has 1 aliphatic rings. The number of likely N-dealkylation sites (N-methyl/N-ethyl adjacent to an activating group) is 1. The number of carbonyl (C=O) groups is 1. The fourth-order valence-electron chi connectivity index (χ4n) is 2.57. The van der Waals surface area contributed by atoms with Crippen LogP contribution in [0.2, 0.25) is 0 Å². The molecule has 0 aromatic carbocycles. The summed E-state index contributed by atoms with van der Waals surface area (Å²) in [6.07, 6.45) is 2.46. The lowest BCUT2D eigenvalue weighted by Crippen LogP contribution is -2.45. The maximum atomic E-state index is 11.8. The molecule has 0 aliphatic carbocycles. The Morgan fingerprint density at radius 2 is 2.20 bits per heavy atom. The quantitative estimate of drug-likeness (QED) is 0.270. The smallest absolute Gasteiger partial charge is 0.243 e. The molecule has 8 heteroatoms. The van der Waals surface area contributed by atoms with Crippen LogP contribution in [-0.4, -0.2) is 88.6 Å². The Bertz CT molecular complexity index is 409. The van der Waals surface area contributed by atoms with E-state index in [0.717, 1.165) is 19.4 Å². The first-order valence-electron chi connectivity index (χ1n) is 9.01. The van der Waals surface area contributed by atoms with Gasteiger partial charge in [0, 0.05) is 59.0 Å². The molecule has 1 rings (SSSR count). The van der Waals surface area contributed by atoms with Crippen LogP contribution in [0, 0.1) is 5.41 Å². The third kappa shape index (κ3) is 8.51. The highest BCUT2D eigenvalue weighted by Gasteiger charge is 2.34. The first-order chi connectivity index (χ1) is 12.0. The van der Waals surface area contributed by atoms with Crippen molar-refractivity contribution in [2.45, 2.75) is 26.2 Å². The van der Waals surface area contributed by atoms with E-state index in [2.05, 4.69) is 15.6 Å². The summed E-state index contributed by atoms with van der Waals surface area (Å²) in [6.45, 7) is 6.32. The molecule has 25 heavy (non-hydrogen) atoms. The molecule has 0 aromatic heterocycles. The third-order valence-electron chi connectivity index (χ3n) is 4.29. The number of aliphatic imine (C=N–C) groups is 1. The summed E-state index contributed by atoms with van der Waals surface area (Å²) >= 11 is 0. The minimum atomic E-state index is -0.0753. The number of nitrogens with zero attached hydrogens (tertiary/aromatic N) is 2. The molecule has 1 heterocycles. The van der Waals surface area contributed by atoms with Gasteiger partial charge in [-0.15, -0.1) is 0 Å². The molecule has 1 unspecified atom stereocenters. The van der Waals surface area contributed by atoms with E-state index in [1.807, 2.05) is 6.92 Å². The van der Waals surface area contributed by atoms with E-state index < -0.39 is 0 Å². The first kappa shape index (κ1) is 21.7. The van der Waals surface area contributed by atoms with E-state index in [9.17, 15) is 9.90 Å². The van der Waals surface area contributed by atoms with Crippen LogP contribution in [0.15, 0.2) is 4.99 Å². The van der Waals surface area contributed by atoms with Gasteiger partial charge in [-0.3, -0.25) is 4.79 Å². The lowest BCUT2D eigenvalue weighted by molar-refractivity contribution is -0.127. The van der Waals surface area contributed by atoms with Crippen LogP contribution in [0.25, 0.3) is 0 Å². The highest BCUT2D eigenvalue weighted by atomic mass is 16.5. The Morgan fingerprint density at radius 1 is 1.40 bits per heavy atom. The molecule has 8 nitrogen and oxygen atoms in total. The van der Waals surface area contributed by atoms with E-state index in [0.29, 0.717) is 45.3 Å². The topological polar surface area (TPSA) is 95.4 Å². The lowest BCUT2D eigenvalue weighted by Gasteiger charge is -2.27. The Hall–Kier alpha value is -1.38. The van der Waals surface area contributed by atoms with Crippen LogP contribution in [0.5, 0.6) is 0 Å². The molecular weight excluding hydrogens is 324 g/mol. The van der Waals surface area contributed by atoms with Gasteiger partial charge in [0.05, 0.1) is 6.61 Å². The van der Waals surface area contributed by atoms with Crippen molar-refractivity contribution in [2.24, 2.45) is 10.4 Å². The van der Waals surface area contributed by atoms with Crippen LogP contribution in [-0.2, 0) is 14.3 Å². The molecule has 0 radical (unpaired) electrons. The third-order valence-corrected chi connectivity index (χ3v) is 4.29. The second kappa shape index (κ2) is 12.1. The number of rotatable bonds is 11. The van der Waals surface area contributed by atoms with Gasteiger partial charge in [-0.05, 0) is 26.2 Å². The minimum absolute atomic E-state index is 0.0512. The molecule has 0 spiro atoms. The maximum absolute atomic E-state index is 11.8. The lowest BCUT2D eigenvalue weighted by atomic mass is 9.84. The SMILES string of the molecule is CCOCCCNC(=NCC(=O)N(C)C)NCC1(CCO)CCOC1. The Morgan fingerprint density at radius 3 is 2.80 bits per heavy atom. The van der Waals surface area contributed by atoms with Crippen LogP contribution >= 0.6 is 0 Å². The van der Waals surface area contributed by atoms with Crippen molar-refractivity contribution < 1.29 is 19.4 Å². The zero-order valence-corrected chi connectivity index (χ0v) is 15.8. The number of nitrogens with one attached hydrogen (secondary N) is 2. The van der Waals surface area contributed by atoms with Gasteiger partial charge in [0.15, 0.2) is 5.96 Å². The van der Waals surface area contributed by atoms with Crippen molar-refractivity contribution in [2.75, 3.05) is 66.8 Å². The molecule has 1 amide bonds. The summed E-state index contributed by atoms with van der Waals surface area (Å²) in [7, 11) is 3.43. The number of aliphatic hydroxyl groups is 1. The fraction of sp³-hybridized carbons (Fsp3) is 0.882. The predicted molar refractivity (Wildman–Crippen MR) is 97.7 cm³/mol. The standard InChI is InChI=1S/C17H34N4O4/c1-4-24-10-5-8-18-16(19-12-15(23)21(2)3)20-13-17(6-9-22)7-11-25-14-17/h22H,4-14H2,1-3H3,(H2,18,19,20). The zero-order chi connectivity index (χ0) is 18.5. The average Bonchev–Trinajstić information content (AvgIpc) is 3.05. The van der Waals surface area contributed by atoms with Gasteiger partial charge in [-0.2, -0.15) is 0 Å². The second-order valence-electron chi connectivity index (χ2n) is 6.56. The van der Waals surface area contributed by atoms with Gasteiger partial charge in [0.25, 0.3) is 0 Å². The molecule has 0 saturated carbocycles. The summed E-state index contributed by atoms with van der Waals surface area (Å²) in [4.78, 5) is 17.7. The molecule has 0 aromatic rings. The average molecular weight is 358 g/mol. The van der Waals surface area contributed by atoms with Gasteiger partial charge in [0.1, 0.15) is 6.54 Å². The second-order valence-corrected chi connectivity index (χ2v) is 6.56. The highest BCUT2D eigenvalue weighted by Crippen LogP contribution is 2.31. The van der Waals surface area contributed by atoms with Crippen molar-refractivity contribution in [3.8, 4) is 0 Å². The normalized spacial score (nSPS) is 20.6. The Labute approximate surface area is 151 Å². The van der Waals surface area contributed by atoms with E-state index >= 15 is 0 Å². The van der Waals surface area contributed by atoms with E-state index in [1.54, 1.807) is 14.1 Å². The van der Waals surface area contributed by atoms with Crippen LogP contribution in [0.1, 0.15) is 26.2 Å². The highest BCUT2D eigenvalue weighted by molar-refractivity contribution is 5.84. The largest absolute Gasteiger partial charge is 0.396 e. The van der Waals surface area contributed by atoms with E-state index in [-0.39, 0.29) is 24.5 Å². The van der Waals surface area contributed by atoms with E-state index in [1.165, 1.54) is 4.90 Å². The van der Waals surface area contributed by atoms with Crippen molar-refractivity contribution in [1.82, 2.24) is 15.5 Å². The van der Waals surface area contributed by atoms with Gasteiger partial charge in [0.2, 0.25) is 5.91 Å². The van der Waals surface area contributed by atoms with Crippen LogP contribution < -0.4 is 10.6 Å². The van der Waals surface area contributed by atoms with Crippen LogP contribution in [0.4, 0.5) is 0 Å². The van der Waals surface area contributed by atoms with Crippen molar-refractivity contribution in [1.29, 1.82) is 0 Å². The van der Waals surface area contributed by atoms with Gasteiger partial charge in [-0.1, -0.05) is 0 Å². The molecule has 1 aliphatic heterocycles. The van der Waals surface area contributed by atoms with Crippen molar-refractivity contribution >= 4 is 11.9 Å². The molecule has 1 atom stereocenters. The molecule has 1 fully saturated rings. The zero-order valence-electron chi connectivity index (χ0n) is 15.8. The number of hydrogen-bond acceptors (Lipinski definition) is 5. The molecule has 1 saturated heterocycles. The molecule has 0 bridgehead atoms. The number of guanidine groups is 1. The van der Waals surface area contributed by atoms with E-state index in [4.69, 9.17) is 9.47 Å². The number of ether oxygens (including phenoxy) is 2. The van der Waals surface area contributed by atoms with Crippen molar-refractivity contribution in [3.63, 3.8) is 0 Å². The van der Waals surface area contributed by atoms with Gasteiger partial charge in [-0.25, -0.2) is 4.99 Å².